The van der Waals surface area contributed by atoms with Gasteiger partial charge in [0.1, 0.15) is 5.84 Å². The maximum absolute atomic E-state index is 13.2. The number of hydrogen-bond donors (Lipinski definition) is 3. The number of benzene rings is 1. The molecule has 3 rings (SSSR count). The van der Waals surface area contributed by atoms with Crippen LogP contribution in [0, 0.1) is 12.3 Å². The molecule has 0 amide bonds. The van der Waals surface area contributed by atoms with Gasteiger partial charge in [0.15, 0.2) is 0 Å². The van der Waals surface area contributed by atoms with E-state index >= 15 is 0 Å². The summed E-state index contributed by atoms with van der Waals surface area (Å²) in [5, 5.41) is 14.7. The molecule has 13 heteroatoms. The van der Waals surface area contributed by atoms with Crippen molar-refractivity contribution >= 4 is 44.7 Å². The lowest BCUT2D eigenvalue weighted by Crippen LogP contribution is -2.21. The van der Waals surface area contributed by atoms with E-state index < -0.39 is 22.0 Å². The van der Waals surface area contributed by atoms with Crippen molar-refractivity contribution in [2.45, 2.75) is 27.1 Å². The Hall–Kier alpha value is -2.90. The van der Waals surface area contributed by atoms with E-state index in [9.17, 15) is 21.6 Å². The maximum Gasteiger partial charge on any atom is 0.490 e. The number of carboxylic acid groups (broad SMARTS) is 1. The highest BCUT2D eigenvalue weighted by molar-refractivity contribution is 8.01. The third-order valence-corrected chi connectivity index (χ3v) is 8.44. The lowest BCUT2D eigenvalue weighted by molar-refractivity contribution is -0.192. The average Bonchev–Trinajstić information content (AvgIpc) is 3.20. The summed E-state index contributed by atoms with van der Waals surface area (Å²) in [6.07, 6.45) is -0.269. The molecule has 0 atom stereocenters. The predicted octanol–water partition coefficient (Wildman–Crippen LogP) is 4.59. The van der Waals surface area contributed by atoms with Gasteiger partial charge in [-0.1, -0.05) is 24.3 Å². The lowest BCUT2D eigenvalue weighted by atomic mass is 10.0. The Morgan fingerprint density at radius 1 is 1.21 bits per heavy atom. The molecule has 0 fully saturated rings. The van der Waals surface area contributed by atoms with Crippen molar-refractivity contribution in [2.75, 3.05) is 6.26 Å². The normalized spacial score (nSPS) is 11.4. The number of nitrogens with zero attached hydrogens (tertiary/aromatic N) is 1. The number of hydrogen-bond acceptors (Lipinski definition) is 7. The Bertz CT molecular complexity index is 1290. The van der Waals surface area contributed by atoms with Gasteiger partial charge in [0.25, 0.3) is 0 Å². The summed E-state index contributed by atoms with van der Waals surface area (Å²) in [5.41, 5.74) is 8.26. The van der Waals surface area contributed by atoms with E-state index in [2.05, 4.69) is 4.98 Å². The Morgan fingerprint density at radius 3 is 2.33 bits per heavy atom. The summed E-state index contributed by atoms with van der Waals surface area (Å²) in [6, 6.07) is 10.9. The van der Waals surface area contributed by atoms with Gasteiger partial charge in [0, 0.05) is 18.0 Å². The number of nitrogens with two attached hydrogens (primary N) is 1. The van der Waals surface area contributed by atoms with Gasteiger partial charge in [0.05, 0.1) is 18.9 Å². The second kappa shape index (κ2) is 10.4. The fourth-order valence-electron chi connectivity index (χ4n) is 2.56. The lowest BCUT2D eigenvalue weighted by Gasteiger charge is -2.08. The largest absolute Gasteiger partial charge is 0.490 e. The number of alkyl halides is 3. The number of pyridine rings is 1. The van der Waals surface area contributed by atoms with Crippen LogP contribution in [0.3, 0.4) is 0 Å². The first-order valence-corrected chi connectivity index (χ1v) is 12.4. The third-order valence-electron chi connectivity index (χ3n) is 4.13. The number of aromatic nitrogens is 1. The van der Waals surface area contributed by atoms with E-state index in [1.54, 1.807) is 18.5 Å². The first kappa shape index (κ1) is 26.4. The van der Waals surface area contributed by atoms with Crippen molar-refractivity contribution < 1.29 is 31.5 Å². The van der Waals surface area contributed by atoms with Crippen molar-refractivity contribution in [1.82, 2.24) is 4.98 Å². The number of nitrogen functional groups attached to an aromatic ring is 1. The standard InChI is InChI=1S/C18H17N3O2S3.C2HF3O2/c1-11-5-3-4-6-14(11)12-7-13(10-21-9-12)26(22,23)16-8-15(17(19)20)25-18(16)24-2;3-2(4,5)1(6)7/h3-10H,1-2H3,(H3,19,20);(H,6,7). The highest BCUT2D eigenvalue weighted by atomic mass is 32.2. The van der Waals surface area contributed by atoms with Crippen LogP contribution in [0.1, 0.15) is 10.4 Å². The number of amidine groups is 1. The number of nitrogens with one attached hydrogen (secondary N) is 1. The fraction of sp³-hybridized carbons (Fsp3) is 0.150. The molecule has 2 aromatic heterocycles. The molecule has 1 aromatic carbocycles. The molecular weight excluding hydrogens is 499 g/mol. The first-order valence-electron chi connectivity index (χ1n) is 8.87. The van der Waals surface area contributed by atoms with Crippen molar-refractivity contribution in [3.8, 4) is 11.1 Å². The number of aliphatic carboxylic acids is 1. The molecule has 0 bridgehead atoms. The zero-order valence-electron chi connectivity index (χ0n) is 17.2. The number of sulfone groups is 1. The highest BCUT2D eigenvalue weighted by Crippen LogP contribution is 2.37. The molecule has 176 valence electrons. The van der Waals surface area contributed by atoms with Gasteiger partial charge in [0.2, 0.25) is 9.84 Å². The summed E-state index contributed by atoms with van der Waals surface area (Å²) in [4.78, 5) is 13.8. The van der Waals surface area contributed by atoms with Gasteiger partial charge in [-0.3, -0.25) is 10.4 Å². The van der Waals surface area contributed by atoms with Gasteiger partial charge < -0.3 is 10.8 Å². The highest BCUT2D eigenvalue weighted by Gasteiger charge is 2.38. The first-order chi connectivity index (χ1) is 15.3. The quantitative estimate of drug-likeness (QED) is 0.256. The molecule has 2 heterocycles. The molecule has 33 heavy (non-hydrogen) atoms. The van der Waals surface area contributed by atoms with Crippen LogP contribution in [-0.2, 0) is 14.6 Å². The van der Waals surface area contributed by atoms with Crippen molar-refractivity contribution in [3.63, 3.8) is 0 Å². The van der Waals surface area contributed by atoms with Crippen LogP contribution in [0.15, 0.2) is 62.8 Å². The van der Waals surface area contributed by atoms with Gasteiger partial charge in [-0.2, -0.15) is 13.2 Å². The van der Waals surface area contributed by atoms with Crippen LogP contribution in [0.25, 0.3) is 11.1 Å². The molecule has 0 unspecified atom stereocenters. The average molecular weight is 518 g/mol. The zero-order valence-corrected chi connectivity index (χ0v) is 19.6. The number of carbonyl (C=O) groups is 1. The third kappa shape index (κ3) is 6.33. The summed E-state index contributed by atoms with van der Waals surface area (Å²) in [5.74, 6) is -2.90. The summed E-state index contributed by atoms with van der Waals surface area (Å²) in [7, 11) is -3.76. The van der Waals surface area contributed by atoms with Crippen LogP contribution in [-0.4, -0.2) is 42.7 Å². The topological polar surface area (TPSA) is 134 Å². The smallest absolute Gasteiger partial charge is 0.475 e. The van der Waals surface area contributed by atoms with Crippen LogP contribution in [0.4, 0.5) is 13.2 Å². The van der Waals surface area contributed by atoms with E-state index in [1.165, 1.54) is 35.4 Å². The molecule has 0 aliphatic rings. The number of thiophene rings is 1. The summed E-state index contributed by atoms with van der Waals surface area (Å²) in [6.45, 7) is 1.97. The second-order valence-electron chi connectivity index (χ2n) is 6.41. The summed E-state index contributed by atoms with van der Waals surface area (Å²) >= 11 is 2.53. The number of rotatable bonds is 5. The van der Waals surface area contributed by atoms with Crippen LogP contribution in [0.2, 0.25) is 0 Å². The predicted molar refractivity (Wildman–Crippen MR) is 121 cm³/mol. The SMILES string of the molecule is CSc1sc(C(=N)N)cc1S(=O)(=O)c1cncc(-c2ccccc2C)c1.O=C(O)C(F)(F)F. The van der Waals surface area contributed by atoms with Gasteiger partial charge in [-0.25, -0.2) is 13.2 Å². The Kier molecular flexibility index (Phi) is 8.27. The molecule has 4 N–H and O–H groups in total. The molecule has 0 saturated carbocycles. The number of aryl methyl sites for hydroxylation is 1. The van der Waals surface area contributed by atoms with E-state index in [0.717, 1.165) is 16.7 Å². The van der Waals surface area contributed by atoms with E-state index in [-0.39, 0.29) is 15.6 Å². The van der Waals surface area contributed by atoms with Crippen molar-refractivity contribution in [2.24, 2.45) is 5.73 Å². The molecule has 0 radical (unpaired) electrons. The molecule has 3 aromatic rings. The Balaban J connectivity index is 0.000000479. The van der Waals surface area contributed by atoms with Crippen LogP contribution >= 0.6 is 23.1 Å². The van der Waals surface area contributed by atoms with E-state index in [4.69, 9.17) is 21.0 Å². The molecular formula is C20H18F3N3O4S3. The van der Waals surface area contributed by atoms with E-state index in [0.29, 0.717) is 9.09 Å². The molecule has 0 aliphatic carbocycles. The fourth-order valence-corrected chi connectivity index (χ4v) is 6.40. The summed E-state index contributed by atoms with van der Waals surface area (Å²) < 4.78 is 58.7. The van der Waals surface area contributed by atoms with E-state index in [1.807, 2.05) is 31.2 Å². The van der Waals surface area contributed by atoms with Gasteiger partial charge in [-0.15, -0.1) is 23.1 Å². The number of carboxylic acids is 1. The number of thioether (sulfide) groups is 1. The molecule has 7 nitrogen and oxygen atoms in total. The Labute approximate surface area is 195 Å². The van der Waals surface area contributed by atoms with Crippen LogP contribution < -0.4 is 5.73 Å². The Morgan fingerprint density at radius 2 is 1.82 bits per heavy atom. The minimum absolute atomic E-state index is 0.126. The maximum atomic E-state index is 13.2. The van der Waals surface area contributed by atoms with Gasteiger partial charge in [-0.05, 0) is 36.4 Å². The zero-order chi connectivity index (χ0) is 25.0. The minimum atomic E-state index is -5.08. The van der Waals surface area contributed by atoms with Crippen LogP contribution in [0.5, 0.6) is 0 Å². The minimum Gasteiger partial charge on any atom is -0.475 e. The molecule has 0 aliphatic heterocycles. The monoisotopic (exact) mass is 517 g/mol. The molecule has 0 saturated heterocycles. The number of halogens is 3. The second-order valence-corrected chi connectivity index (χ2v) is 10.5. The molecule has 0 spiro atoms. The van der Waals surface area contributed by atoms with Crippen molar-refractivity contribution in [1.29, 1.82) is 5.41 Å². The van der Waals surface area contributed by atoms with Crippen molar-refractivity contribution in [3.05, 3.63) is 59.2 Å². The van der Waals surface area contributed by atoms with Gasteiger partial charge >= 0.3 is 12.1 Å².